The maximum atomic E-state index is 5.16. The summed E-state index contributed by atoms with van der Waals surface area (Å²) in [7, 11) is 0. The number of rotatable bonds is 5. The molecular weight excluding hydrogens is 142 g/mol. The van der Waals surface area contributed by atoms with E-state index in [0.717, 1.165) is 6.42 Å². The minimum atomic E-state index is 1.10. The molecule has 0 rings (SSSR count). The van der Waals surface area contributed by atoms with Crippen molar-refractivity contribution < 1.29 is 0 Å². The topological polar surface area (TPSA) is 26.0 Å². The minimum absolute atomic E-state index is 1.10. The van der Waals surface area contributed by atoms with Crippen LogP contribution in [0, 0.1) is 0 Å². The van der Waals surface area contributed by atoms with Crippen LogP contribution in [0.5, 0.6) is 0 Å². The van der Waals surface area contributed by atoms with E-state index in [0.29, 0.717) is 0 Å². The van der Waals surface area contributed by atoms with E-state index in [1.54, 1.807) is 18.0 Å². The van der Waals surface area contributed by atoms with Crippen LogP contribution in [0.2, 0.25) is 0 Å². The van der Waals surface area contributed by atoms with E-state index in [1.807, 2.05) is 5.41 Å². The Morgan fingerprint density at radius 1 is 1.70 bits per heavy atom. The van der Waals surface area contributed by atoms with Crippen LogP contribution in [0.1, 0.15) is 26.2 Å². The van der Waals surface area contributed by atoms with Crippen LogP contribution in [0.3, 0.4) is 0 Å². The Kier molecular flexibility index (Phi) is 6.50. The Hall–Kier alpha value is -0.370. The molecule has 0 bridgehead atoms. The van der Waals surface area contributed by atoms with Gasteiger partial charge in [-0.15, -0.1) is 11.8 Å². The van der Waals surface area contributed by atoms with E-state index in [2.05, 4.69) is 13.5 Å². The molecule has 1 nitrogen and oxygen atoms in total. The van der Waals surface area contributed by atoms with Gasteiger partial charge in [0.05, 0.1) is 0 Å². The van der Waals surface area contributed by atoms with Gasteiger partial charge in [-0.05, 0) is 23.2 Å². The quantitative estimate of drug-likeness (QED) is 0.664. The third-order valence-electron chi connectivity index (χ3n) is 1.12. The molecule has 0 aliphatic carbocycles. The first kappa shape index (κ1) is 9.63. The van der Waals surface area contributed by atoms with Crippen LogP contribution in [0.15, 0.2) is 23.1 Å². The summed E-state index contributed by atoms with van der Waals surface area (Å²) in [4.78, 5) is 1.20. The van der Waals surface area contributed by atoms with E-state index in [-0.39, 0.29) is 0 Å². The second kappa shape index (κ2) is 6.75. The van der Waals surface area contributed by atoms with Gasteiger partial charge in [0.2, 0.25) is 0 Å². The van der Waals surface area contributed by atoms with Crippen molar-refractivity contribution in [2.24, 2.45) is 5.73 Å². The van der Waals surface area contributed by atoms with Gasteiger partial charge in [-0.1, -0.05) is 19.9 Å². The van der Waals surface area contributed by atoms with Gasteiger partial charge < -0.3 is 5.73 Å². The maximum absolute atomic E-state index is 5.16. The summed E-state index contributed by atoms with van der Waals surface area (Å²) in [5, 5.41) is 1.86. The van der Waals surface area contributed by atoms with Crippen molar-refractivity contribution in [3.05, 3.63) is 23.1 Å². The normalized spacial score (nSPS) is 10.5. The van der Waals surface area contributed by atoms with Crippen LogP contribution >= 0.6 is 11.8 Å². The predicted octanol–water partition coefficient (Wildman–Crippen LogP) is 2.85. The monoisotopic (exact) mass is 157 g/mol. The lowest BCUT2D eigenvalue weighted by molar-refractivity contribution is 0.810. The first-order valence-corrected chi connectivity index (χ1v) is 4.40. The van der Waals surface area contributed by atoms with E-state index in [9.17, 15) is 0 Å². The van der Waals surface area contributed by atoms with Crippen LogP contribution in [-0.2, 0) is 0 Å². The Bertz CT molecular complexity index is 118. The smallest absolute Gasteiger partial charge is 0.000532 e. The molecular formula is C8H15NS. The molecule has 0 unspecified atom stereocenters. The van der Waals surface area contributed by atoms with Crippen molar-refractivity contribution >= 4 is 11.8 Å². The Balaban J connectivity index is 3.25. The number of nitrogens with two attached hydrogens (primary N) is 1. The van der Waals surface area contributed by atoms with E-state index in [4.69, 9.17) is 5.73 Å². The SMILES string of the molecule is C=C(CCCC)S/C=C\N. The van der Waals surface area contributed by atoms with Crippen LogP contribution in [0.25, 0.3) is 0 Å². The standard InChI is InChI=1S/C8H15NS/c1-3-4-5-8(2)10-7-6-9/h6-7H,2-5,9H2,1H3/b7-6-. The molecule has 0 aliphatic heterocycles. The van der Waals surface area contributed by atoms with Gasteiger partial charge in [0, 0.05) is 6.20 Å². The molecule has 0 aromatic rings. The lowest BCUT2D eigenvalue weighted by Crippen LogP contribution is -1.76. The van der Waals surface area contributed by atoms with E-state index >= 15 is 0 Å². The average Bonchev–Trinajstić information content (AvgIpc) is 1.97. The summed E-state index contributed by atoms with van der Waals surface area (Å²) < 4.78 is 0. The average molecular weight is 157 g/mol. The molecule has 0 aromatic carbocycles. The van der Waals surface area contributed by atoms with Crippen molar-refractivity contribution in [2.45, 2.75) is 26.2 Å². The Labute approximate surface area is 67.4 Å². The summed E-state index contributed by atoms with van der Waals surface area (Å²) in [6.07, 6.45) is 5.10. The zero-order chi connectivity index (χ0) is 7.82. The highest BCUT2D eigenvalue weighted by atomic mass is 32.2. The fraction of sp³-hybridized carbons (Fsp3) is 0.500. The number of thioether (sulfide) groups is 1. The van der Waals surface area contributed by atoms with Crippen molar-refractivity contribution in [3.8, 4) is 0 Å². The Morgan fingerprint density at radius 2 is 2.40 bits per heavy atom. The molecule has 0 aliphatic rings. The molecule has 0 fully saturated rings. The molecule has 2 N–H and O–H groups in total. The lowest BCUT2D eigenvalue weighted by Gasteiger charge is -1.97. The van der Waals surface area contributed by atoms with E-state index in [1.165, 1.54) is 17.7 Å². The molecule has 10 heavy (non-hydrogen) atoms. The first-order chi connectivity index (χ1) is 4.81. The summed E-state index contributed by atoms with van der Waals surface area (Å²) in [5.74, 6) is 0. The molecule has 0 aromatic heterocycles. The predicted molar refractivity (Wildman–Crippen MR) is 49.6 cm³/mol. The Morgan fingerprint density at radius 3 is 2.90 bits per heavy atom. The van der Waals surface area contributed by atoms with Crippen LogP contribution in [-0.4, -0.2) is 0 Å². The molecule has 0 spiro atoms. The van der Waals surface area contributed by atoms with Crippen LogP contribution in [0.4, 0.5) is 0 Å². The highest BCUT2D eigenvalue weighted by molar-refractivity contribution is 8.05. The molecule has 0 atom stereocenters. The third kappa shape index (κ3) is 5.76. The van der Waals surface area contributed by atoms with Crippen molar-refractivity contribution in [2.75, 3.05) is 0 Å². The largest absolute Gasteiger partial charge is 0.404 e. The fourth-order valence-corrected chi connectivity index (χ4v) is 1.10. The van der Waals surface area contributed by atoms with Gasteiger partial charge in [0.1, 0.15) is 0 Å². The summed E-state index contributed by atoms with van der Waals surface area (Å²) in [6.45, 7) is 6.06. The summed E-state index contributed by atoms with van der Waals surface area (Å²) in [5.41, 5.74) is 5.16. The highest BCUT2D eigenvalue weighted by Gasteiger charge is 1.89. The van der Waals surface area contributed by atoms with Crippen molar-refractivity contribution in [1.29, 1.82) is 0 Å². The second-order valence-corrected chi connectivity index (χ2v) is 3.17. The fourth-order valence-electron chi connectivity index (χ4n) is 0.568. The van der Waals surface area contributed by atoms with Crippen LogP contribution < -0.4 is 5.73 Å². The van der Waals surface area contributed by atoms with Crippen molar-refractivity contribution in [1.82, 2.24) is 0 Å². The molecule has 2 heteroatoms. The molecule has 0 radical (unpaired) electrons. The van der Waals surface area contributed by atoms with Gasteiger partial charge in [0.15, 0.2) is 0 Å². The van der Waals surface area contributed by atoms with Gasteiger partial charge >= 0.3 is 0 Å². The van der Waals surface area contributed by atoms with Gasteiger partial charge in [0.25, 0.3) is 0 Å². The number of unbranched alkanes of at least 4 members (excludes halogenated alkanes) is 1. The summed E-state index contributed by atoms with van der Waals surface area (Å²) >= 11 is 1.62. The first-order valence-electron chi connectivity index (χ1n) is 3.52. The van der Waals surface area contributed by atoms with Gasteiger partial charge in [-0.25, -0.2) is 0 Å². The number of hydrogen-bond donors (Lipinski definition) is 1. The molecule has 0 saturated heterocycles. The molecule has 0 saturated carbocycles. The maximum Gasteiger partial charge on any atom is 0.000532 e. The van der Waals surface area contributed by atoms with Gasteiger partial charge in [-0.3, -0.25) is 0 Å². The summed E-state index contributed by atoms with van der Waals surface area (Å²) in [6, 6.07) is 0. The number of allylic oxidation sites excluding steroid dienone is 1. The molecule has 58 valence electrons. The zero-order valence-corrected chi connectivity index (χ0v) is 7.29. The molecule has 0 amide bonds. The second-order valence-electron chi connectivity index (χ2n) is 2.09. The zero-order valence-electron chi connectivity index (χ0n) is 6.47. The van der Waals surface area contributed by atoms with Crippen molar-refractivity contribution in [3.63, 3.8) is 0 Å². The minimum Gasteiger partial charge on any atom is -0.404 e. The molecule has 0 heterocycles. The van der Waals surface area contributed by atoms with E-state index < -0.39 is 0 Å². The highest BCUT2D eigenvalue weighted by Crippen LogP contribution is 2.19. The lowest BCUT2D eigenvalue weighted by atomic mass is 10.2. The number of hydrogen-bond acceptors (Lipinski definition) is 2. The third-order valence-corrected chi connectivity index (χ3v) is 1.95. The van der Waals surface area contributed by atoms with Gasteiger partial charge in [-0.2, -0.15) is 0 Å².